The summed E-state index contributed by atoms with van der Waals surface area (Å²) in [7, 11) is 0. The van der Waals surface area contributed by atoms with Gasteiger partial charge in [-0.1, -0.05) is 23.8 Å². The molecule has 0 aliphatic rings. The van der Waals surface area contributed by atoms with Crippen molar-refractivity contribution in [2.75, 3.05) is 0 Å². The standard InChI is InChI=1S/C19H17N3O2/c1-12-6-7-18-16(8-12)17(9-13(2)21-18)19(24)22-20-11-14-4-3-5-15(23)10-14/h3-11,23H,1-2H3,(H,22,24). The van der Waals surface area contributed by atoms with Crippen molar-refractivity contribution >= 4 is 23.0 Å². The van der Waals surface area contributed by atoms with Crippen molar-refractivity contribution < 1.29 is 9.90 Å². The molecule has 24 heavy (non-hydrogen) atoms. The van der Waals surface area contributed by atoms with Crippen molar-refractivity contribution in [1.82, 2.24) is 10.4 Å². The number of fused-ring (bicyclic) bond motifs is 1. The van der Waals surface area contributed by atoms with Gasteiger partial charge in [-0.25, -0.2) is 5.43 Å². The Morgan fingerprint density at radius 3 is 2.79 bits per heavy atom. The zero-order valence-corrected chi connectivity index (χ0v) is 13.4. The Hall–Kier alpha value is -3.21. The summed E-state index contributed by atoms with van der Waals surface area (Å²) in [5.74, 6) is -0.149. The summed E-state index contributed by atoms with van der Waals surface area (Å²) >= 11 is 0. The summed E-state index contributed by atoms with van der Waals surface area (Å²) in [6, 6.07) is 14.2. The molecule has 0 spiro atoms. The average molecular weight is 319 g/mol. The third kappa shape index (κ3) is 3.41. The van der Waals surface area contributed by atoms with Crippen molar-refractivity contribution in [3.63, 3.8) is 0 Å². The van der Waals surface area contributed by atoms with E-state index < -0.39 is 0 Å². The topological polar surface area (TPSA) is 74.6 Å². The number of rotatable bonds is 3. The Labute approximate surface area is 139 Å². The van der Waals surface area contributed by atoms with Gasteiger partial charge in [0.2, 0.25) is 0 Å². The number of pyridine rings is 1. The van der Waals surface area contributed by atoms with Crippen LogP contribution in [0.2, 0.25) is 0 Å². The molecule has 0 saturated carbocycles. The molecule has 1 heterocycles. The highest BCUT2D eigenvalue weighted by Crippen LogP contribution is 2.20. The number of phenols is 1. The lowest BCUT2D eigenvalue weighted by Gasteiger charge is -2.07. The molecule has 2 aromatic carbocycles. The molecular weight excluding hydrogens is 302 g/mol. The minimum atomic E-state index is -0.299. The van der Waals surface area contributed by atoms with Crippen LogP contribution in [0.4, 0.5) is 0 Å². The van der Waals surface area contributed by atoms with E-state index in [0.29, 0.717) is 11.1 Å². The Balaban J connectivity index is 1.87. The molecule has 1 aromatic heterocycles. The second-order valence-corrected chi connectivity index (χ2v) is 5.63. The molecule has 1 amide bonds. The zero-order valence-electron chi connectivity index (χ0n) is 13.4. The molecule has 0 fully saturated rings. The molecule has 5 nitrogen and oxygen atoms in total. The lowest BCUT2D eigenvalue weighted by molar-refractivity contribution is 0.0956. The number of carbonyl (C=O) groups excluding carboxylic acids is 1. The van der Waals surface area contributed by atoms with E-state index in [2.05, 4.69) is 15.5 Å². The third-order valence-corrected chi connectivity index (χ3v) is 3.59. The fourth-order valence-corrected chi connectivity index (χ4v) is 2.49. The monoisotopic (exact) mass is 319 g/mol. The molecule has 0 bridgehead atoms. The molecule has 0 aliphatic heterocycles. The lowest BCUT2D eigenvalue weighted by atomic mass is 10.1. The molecule has 2 N–H and O–H groups in total. The highest BCUT2D eigenvalue weighted by molar-refractivity contribution is 6.06. The normalized spacial score (nSPS) is 11.1. The van der Waals surface area contributed by atoms with Gasteiger partial charge >= 0.3 is 0 Å². The zero-order chi connectivity index (χ0) is 17.1. The molecular formula is C19H17N3O2. The van der Waals surface area contributed by atoms with Crippen LogP contribution < -0.4 is 5.43 Å². The summed E-state index contributed by atoms with van der Waals surface area (Å²) < 4.78 is 0. The number of phenolic OH excluding ortho intramolecular Hbond substituents is 1. The number of nitrogens with zero attached hydrogens (tertiary/aromatic N) is 2. The molecule has 120 valence electrons. The number of amides is 1. The molecule has 0 atom stereocenters. The van der Waals surface area contributed by atoms with Crippen molar-refractivity contribution in [2.45, 2.75) is 13.8 Å². The highest BCUT2D eigenvalue weighted by Gasteiger charge is 2.11. The minimum absolute atomic E-state index is 0.150. The van der Waals surface area contributed by atoms with Crippen LogP contribution in [0.1, 0.15) is 27.2 Å². The van der Waals surface area contributed by atoms with E-state index in [1.807, 2.05) is 32.0 Å². The van der Waals surface area contributed by atoms with Crippen molar-refractivity contribution in [3.8, 4) is 5.75 Å². The predicted molar refractivity (Wildman–Crippen MR) is 94.4 cm³/mol. The Bertz CT molecular complexity index is 948. The number of hydrogen-bond acceptors (Lipinski definition) is 4. The Morgan fingerprint density at radius 1 is 1.17 bits per heavy atom. The number of hydrogen-bond donors (Lipinski definition) is 2. The fraction of sp³-hybridized carbons (Fsp3) is 0.105. The second-order valence-electron chi connectivity index (χ2n) is 5.63. The molecule has 3 rings (SSSR count). The molecule has 0 unspecified atom stereocenters. The van der Waals surface area contributed by atoms with Crippen molar-refractivity contribution in [2.24, 2.45) is 5.10 Å². The minimum Gasteiger partial charge on any atom is -0.508 e. The molecule has 0 saturated heterocycles. The second kappa shape index (κ2) is 6.50. The maximum atomic E-state index is 12.5. The van der Waals surface area contributed by atoms with Crippen LogP contribution in [0.25, 0.3) is 10.9 Å². The van der Waals surface area contributed by atoms with Crippen LogP contribution in [-0.2, 0) is 0 Å². The summed E-state index contributed by atoms with van der Waals surface area (Å²) in [5.41, 5.74) is 6.37. The fourth-order valence-electron chi connectivity index (χ4n) is 2.49. The van der Waals surface area contributed by atoms with Crippen LogP contribution in [0.15, 0.2) is 53.6 Å². The van der Waals surface area contributed by atoms with Crippen molar-refractivity contribution in [3.05, 3.63) is 70.9 Å². The van der Waals surface area contributed by atoms with Crippen LogP contribution in [0, 0.1) is 13.8 Å². The van der Waals surface area contributed by atoms with E-state index in [9.17, 15) is 9.90 Å². The van der Waals surface area contributed by atoms with Gasteiger partial charge < -0.3 is 5.11 Å². The average Bonchev–Trinajstić information content (AvgIpc) is 2.54. The summed E-state index contributed by atoms with van der Waals surface area (Å²) in [4.78, 5) is 16.9. The van der Waals surface area contributed by atoms with Crippen LogP contribution in [-0.4, -0.2) is 22.2 Å². The van der Waals surface area contributed by atoms with Gasteiger partial charge in [0.15, 0.2) is 0 Å². The smallest absolute Gasteiger partial charge is 0.272 e. The van der Waals surface area contributed by atoms with Gasteiger partial charge in [0, 0.05) is 11.1 Å². The van der Waals surface area contributed by atoms with E-state index in [0.717, 1.165) is 22.2 Å². The van der Waals surface area contributed by atoms with Gasteiger partial charge in [-0.3, -0.25) is 9.78 Å². The first kappa shape index (κ1) is 15.7. The van der Waals surface area contributed by atoms with Gasteiger partial charge in [0.05, 0.1) is 17.3 Å². The molecule has 5 heteroatoms. The maximum absolute atomic E-state index is 12.5. The molecule has 0 radical (unpaired) electrons. The number of benzene rings is 2. The molecule has 0 aliphatic carbocycles. The van der Waals surface area contributed by atoms with E-state index in [1.165, 1.54) is 6.21 Å². The first-order valence-electron chi connectivity index (χ1n) is 7.53. The number of aromatic hydroxyl groups is 1. The van der Waals surface area contributed by atoms with Gasteiger partial charge in [-0.2, -0.15) is 5.10 Å². The molecule has 3 aromatic rings. The van der Waals surface area contributed by atoms with E-state index in [4.69, 9.17) is 0 Å². The Kier molecular flexibility index (Phi) is 4.24. The first-order chi connectivity index (χ1) is 11.5. The highest BCUT2D eigenvalue weighted by atomic mass is 16.3. The summed E-state index contributed by atoms with van der Waals surface area (Å²) in [6.45, 7) is 3.83. The maximum Gasteiger partial charge on any atom is 0.272 e. The van der Waals surface area contributed by atoms with Gasteiger partial charge in [0.25, 0.3) is 5.91 Å². The number of carbonyl (C=O) groups is 1. The van der Waals surface area contributed by atoms with Crippen LogP contribution in [0.5, 0.6) is 5.75 Å². The SMILES string of the molecule is Cc1ccc2nc(C)cc(C(=O)NN=Cc3cccc(O)c3)c2c1. The number of aryl methyl sites for hydroxylation is 2. The lowest BCUT2D eigenvalue weighted by Crippen LogP contribution is -2.18. The van der Waals surface area contributed by atoms with Gasteiger partial charge in [-0.15, -0.1) is 0 Å². The van der Waals surface area contributed by atoms with Crippen molar-refractivity contribution in [1.29, 1.82) is 0 Å². The largest absolute Gasteiger partial charge is 0.508 e. The van der Waals surface area contributed by atoms with Gasteiger partial charge in [0.1, 0.15) is 5.75 Å². The Morgan fingerprint density at radius 2 is 2.00 bits per heavy atom. The third-order valence-electron chi connectivity index (χ3n) is 3.59. The van der Waals surface area contributed by atoms with Crippen LogP contribution in [0.3, 0.4) is 0 Å². The first-order valence-corrected chi connectivity index (χ1v) is 7.53. The quantitative estimate of drug-likeness (QED) is 0.574. The van der Waals surface area contributed by atoms with Crippen LogP contribution >= 0.6 is 0 Å². The summed E-state index contributed by atoms with van der Waals surface area (Å²) in [6.07, 6.45) is 1.49. The van der Waals surface area contributed by atoms with Gasteiger partial charge in [-0.05, 0) is 49.7 Å². The number of aromatic nitrogens is 1. The number of nitrogens with one attached hydrogen (secondary N) is 1. The predicted octanol–water partition coefficient (Wildman–Crippen LogP) is 3.32. The van der Waals surface area contributed by atoms with E-state index >= 15 is 0 Å². The summed E-state index contributed by atoms with van der Waals surface area (Å²) in [5, 5.41) is 14.2. The van der Waals surface area contributed by atoms with E-state index in [1.54, 1.807) is 30.3 Å². The number of hydrazone groups is 1. The van der Waals surface area contributed by atoms with E-state index in [-0.39, 0.29) is 11.7 Å².